The smallest absolute Gasteiger partial charge is 0.275 e. The highest BCUT2D eigenvalue weighted by atomic mass is 16.5. The number of Topliss-reactive ketones (excluding diaryl/α,β-unsaturated/α-hetero) is 1. The molecule has 0 radical (unpaired) electrons. The molecule has 4 unspecified atom stereocenters. The average Bonchev–Trinajstić information content (AvgIpc) is 3.33. The Balaban J connectivity index is 0.805. The summed E-state index contributed by atoms with van der Waals surface area (Å²) >= 11 is 0. The molecule has 2 amide bonds. The van der Waals surface area contributed by atoms with Gasteiger partial charge < -0.3 is 15.4 Å². The zero-order valence-electron chi connectivity index (χ0n) is 35.8. The molecular formula is C48H47N11O6. The largest absolute Gasteiger partial charge is 0.477 e. The van der Waals surface area contributed by atoms with Crippen LogP contribution in [-0.2, 0) is 20.8 Å². The molecule has 17 heteroatoms. The fourth-order valence-corrected chi connectivity index (χ4v) is 8.93. The number of nitrogens with zero attached hydrogens (tertiary/aromatic N) is 7. The summed E-state index contributed by atoms with van der Waals surface area (Å²) in [5.41, 5.74) is 5.14. The maximum absolute atomic E-state index is 13.9. The van der Waals surface area contributed by atoms with Gasteiger partial charge in [-0.25, -0.2) is 14.8 Å². The molecule has 4 atom stereocenters. The molecule has 3 aliphatic heterocycles. The first kappa shape index (κ1) is 43.0. The fourth-order valence-electron chi connectivity index (χ4n) is 8.93. The molecule has 0 aliphatic carbocycles. The number of fused-ring (bicyclic) bond motifs is 1. The third-order valence-electron chi connectivity index (χ3n) is 12.5. The summed E-state index contributed by atoms with van der Waals surface area (Å²) in [6.45, 7) is 5.20. The highest BCUT2D eigenvalue weighted by Crippen LogP contribution is 2.28. The minimum atomic E-state index is -0.846. The Bertz CT molecular complexity index is 2940. The monoisotopic (exact) mass is 873 g/mol. The Morgan fingerprint density at radius 1 is 0.923 bits per heavy atom. The van der Waals surface area contributed by atoms with Crippen LogP contribution >= 0.6 is 0 Å². The van der Waals surface area contributed by atoms with E-state index in [0.717, 1.165) is 35.2 Å². The fraction of sp³-hybridized carbons (Fsp3) is 0.333. The zero-order valence-corrected chi connectivity index (χ0v) is 35.8. The lowest BCUT2D eigenvalue weighted by atomic mass is 9.90. The first-order valence-corrected chi connectivity index (χ1v) is 21.8. The van der Waals surface area contributed by atoms with Gasteiger partial charge in [-0.1, -0.05) is 42.5 Å². The number of H-pyrrole nitrogens is 1. The number of carbonyl (C=O) groups excluding carboxylic acids is 3. The number of piperidine rings is 2. The minimum absolute atomic E-state index is 0.111. The van der Waals surface area contributed by atoms with E-state index in [-0.39, 0.29) is 60.2 Å². The number of piperazine rings is 1. The number of aryl methyl sites for hydroxylation is 1. The van der Waals surface area contributed by atoms with Crippen LogP contribution < -0.4 is 31.8 Å². The average molecular weight is 874 g/mol. The molecule has 3 aromatic carbocycles. The highest BCUT2D eigenvalue weighted by molar-refractivity contribution is 5.99. The van der Waals surface area contributed by atoms with Crippen molar-refractivity contribution in [3.8, 4) is 34.6 Å². The van der Waals surface area contributed by atoms with Gasteiger partial charge in [-0.2, -0.15) is 20.4 Å². The summed E-state index contributed by atoms with van der Waals surface area (Å²) in [4.78, 5) is 75.8. The number of ketones is 1. The van der Waals surface area contributed by atoms with Gasteiger partial charge in [0.1, 0.15) is 6.04 Å². The van der Waals surface area contributed by atoms with E-state index in [4.69, 9.17) is 10.00 Å². The summed E-state index contributed by atoms with van der Waals surface area (Å²) in [5.74, 6) is 0.313. The normalized spacial score (nSPS) is 20.2. The van der Waals surface area contributed by atoms with Crippen molar-refractivity contribution in [3.63, 3.8) is 0 Å². The predicted molar refractivity (Wildman–Crippen MR) is 240 cm³/mol. The quantitative estimate of drug-likeness (QED) is 0.129. The maximum atomic E-state index is 13.9. The third-order valence-corrected chi connectivity index (χ3v) is 12.5. The second-order valence-corrected chi connectivity index (χ2v) is 16.9. The Hall–Kier alpha value is -7.26. The molecular weight excluding hydrogens is 827 g/mol. The zero-order chi connectivity index (χ0) is 45.0. The van der Waals surface area contributed by atoms with Crippen molar-refractivity contribution in [3.05, 3.63) is 134 Å². The van der Waals surface area contributed by atoms with Crippen molar-refractivity contribution in [1.29, 1.82) is 5.26 Å². The van der Waals surface area contributed by atoms with E-state index in [1.807, 2.05) is 36.4 Å². The van der Waals surface area contributed by atoms with E-state index in [0.29, 0.717) is 84.1 Å². The topological polar surface area (TPSA) is 230 Å². The van der Waals surface area contributed by atoms with Gasteiger partial charge in [-0.15, -0.1) is 0 Å². The number of imide groups is 1. The van der Waals surface area contributed by atoms with Crippen molar-refractivity contribution in [2.24, 2.45) is 5.92 Å². The van der Waals surface area contributed by atoms with Gasteiger partial charge in [0.15, 0.2) is 11.6 Å². The van der Waals surface area contributed by atoms with Gasteiger partial charge >= 0.3 is 0 Å². The number of rotatable bonds is 12. The molecule has 9 rings (SSSR count). The summed E-state index contributed by atoms with van der Waals surface area (Å²) in [6, 6.07) is 24.7. The molecule has 3 aromatic heterocycles. The van der Waals surface area contributed by atoms with Crippen LogP contribution in [0.2, 0.25) is 0 Å². The van der Waals surface area contributed by atoms with Gasteiger partial charge in [0.05, 0.1) is 47.6 Å². The molecule has 6 heterocycles. The molecule has 3 fully saturated rings. The Morgan fingerprint density at radius 2 is 1.74 bits per heavy atom. The number of nitrogens with one attached hydrogen (secondary N) is 4. The Kier molecular flexibility index (Phi) is 12.5. The summed E-state index contributed by atoms with van der Waals surface area (Å²) < 4.78 is 7.41. The highest BCUT2D eigenvalue weighted by Gasteiger charge is 2.33. The van der Waals surface area contributed by atoms with Crippen molar-refractivity contribution in [1.82, 2.24) is 50.8 Å². The minimum Gasteiger partial charge on any atom is -0.477 e. The molecule has 0 spiro atoms. The number of aromatic amines is 1. The predicted octanol–water partition coefficient (Wildman–Crippen LogP) is 3.32. The van der Waals surface area contributed by atoms with Gasteiger partial charge in [0.2, 0.25) is 11.8 Å². The van der Waals surface area contributed by atoms with Crippen LogP contribution in [0.3, 0.4) is 0 Å². The SMILES string of the molecule is Cc1nn(C2CCC(=O)NC2=O)c(=O)c2ccc(C3CNCCN3CC(=O)C3CC(COc4ccnc(-c5ccc(Cc6cc(-c7ccc(C#N)cc7)n[nH]c6=O)cc5)n4)CCN3)cc12. The number of hydrogen-bond donors (Lipinski definition) is 4. The number of carbonyl (C=O) groups is 3. The van der Waals surface area contributed by atoms with Crippen molar-refractivity contribution < 1.29 is 19.1 Å². The molecule has 3 saturated heterocycles. The summed E-state index contributed by atoms with van der Waals surface area (Å²) in [5, 5.41) is 30.7. The molecule has 6 aromatic rings. The van der Waals surface area contributed by atoms with Gasteiger partial charge in [-0.3, -0.25) is 34.2 Å². The number of amides is 2. The molecule has 0 bridgehead atoms. The number of benzene rings is 3. The van der Waals surface area contributed by atoms with E-state index < -0.39 is 11.9 Å². The van der Waals surface area contributed by atoms with E-state index in [1.165, 1.54) is 4.68 Å². The Labute approximate surface area is 373 Å². The van der Waals surface area contributed by atoms with Crippen LogP contribution in [0.25, 0.3) is 33.4 Å². The van der Waals surface area contributed by atoms with E-state index in [2.05, 4.69) is 52.2 Å². The number of ether oxygens (including phenoxy) is 1. The first-order chi connectivity index (χ1) is 31.6. The van der Waals surface area contributed by atoms with Crippen LogP contribution in [0.5, 0.6) is 5.88 Å². The summed E-state index contributed by atoms with van der Waals surface area (Å²) in [6.07, 6.45) is 3.90. The molecule has 0 saturated carbocycles. The van der Waals surface area contributed by atoms with Crippen molar-refractivity contribution >= 4 is 28.4 Å². The number of hydrogen-bond acceptors (Lipinski definition) is 14. The lowest BCUT2D eigenvalue weighted by molar-refractivity contribution is -0.136. The number of aromatic nitrogens is 6. The Morgan fingerprint density at radius 3 is 2.54 bits per heavy atom. The van der Waals surface area contributed by atoms with Crippen LogP contribution in [0.4, 0.5) is 0 Å². The van der Waals surface area contributed by atoms with Crippen LogP contribution in [-0.4, -0.2) is 97.8 Å². The van der Waals surface area contributed by atoms with Gasteiger partial charge in [-0.05, 0) is 80.1 Å². The lowest BCUT2D eigenvalue weighted by Gasteiger charge is -2.38. The van der Waals surface area contributed by atoms with Crippen LogP contribution in [0, 0.1) is 24.2 Å². The number of nitriles is 1. The van der Waals surface area contributed by atoms with Gasteiger partial charge in [0, 0.05) is 72.9 Å². The molecule has 65 heavy (non-hydrogen) atoms. The van der Waals surface area contributed by atoms with E-state index in [1.54, 1.807) is 55.6 Å². The van der Waals surface area contributed by atoms with E-state index >= 15 is 0 Å². The maximum Gasteiger partial charge on any atom is 0.275 e. The summed E-state index contributed by atoms with van der Waals surface area (Å²) in [7, 11) is 0. The second kappa shape index (κ2) is 18.8. The molecule has 3 aliphatic rings. The molecule has 4 N–H and O–H groups in total. The van der Waals surface area contributed by atoms with Gasteiger partial charge in [0.25, 0.3) is 17.0 Å². The third kappa shape index (κ3) is 9.51. The van der Waals surface area contributed by atoms with Crippen LogP contribution in [0.1, 0.15) is 65.7 Å². The van der Waals surface area contributed by atoms with Crippen molar-refractivity contribution in [2.45, 2.75) is 57.2 Å². The first-order valence-electron chi connectivity index (χ1n) is 21.8. The molecule has 330 valence electrons. The van der Waals surface area contributed by atoms with Crippen LogP contribution in [0.15, 0.2) is 94.6 Å². The molecule has 17 nitrogen and oxygen atoms in total. The lowest BCUT2D eigenvalue weighted by Crippen LogP contribution is -2.52. The van der Waals surface area contributed by atoms with Crippen molar-refractivity contribution in [2.75, 3.05) is 39.3 Å². The van der Waals surface area contributed by atoms with E-state index in [9.17, 15) is 24.0 Å². The standard InChI is InChI=1S/C48H47N11O6/c1-28-37-22-34(10-11-36(37)48(64)59(57-28)40-12-13-43(61)53-47(40)63)41-25-50-18-19-58(41)26-42(60)39-21-31(14-16-51-39)27-65-44-15-17-52-45(54-44)33-8-2-29(3-9-33)20-35-23-38(55-56-46(35)62)32-6-4-30(24-49)5-7-32/h2-11,15,17,22-23,31,39-41,50-51H,12-14,16,18-21,25-27H2,1H3,(H,56,62)(H,53,61,63). The second-order valence-electron chi connectivity index (χ2n) is 16.9.